The first-order chi connectivity index (χ1) is 11.8. The molecule has 0 radical (unpaired) electrons. The molecule has 0 unspecified atom stereocenters. The molecular weight excluding hydrogens is 338 g/mol. The van der Waals surface area contributed by atoms with Crippen molar-refractivity contribution in [1.29, 1.82) is 5.41 Å². The number of ether oxygens (including phenoxy) is 1. The van der Waals surface area contributed by atoms with Gasteiger partial charge in [0.1, 0.15) is 17.1 Å². The highest BCUT2D eigenvalue weighted by Crippen LogP contribution is 2.37. The minimum atomic E-state index is -0.374. The second kappa shape index (κ2) is 6.58. The molecule has 0 atom stereocenters. The van der Waals surface area contributed by atoms with E-state index in [1.54, 1.807) is 24.3 Å². The zero-order valence-corrected chi connectivity index (χ0v) is 15.0. The van der Waals surface area contributed by atoms with Gasteiger partial charge in [0.15, 0.2) is 0 Å². The van der Waals surface area contributed by atoms with Crippen molar-refractivity contribution in [2.45, 2.75) is 19.4 Å². The molecule has 25 heavy (non-hydrogen) atoms. The minimum Gasteiger partial charge on any atom is -0.506 e. The summed E-state index contributed by atoms with van der Waals surface area (Å²) in [6.45, 7) is 5.92. The summed E-state index contributed by atoms with van der Waals surface area (Å²) in [5, 5.41) is 20.8. The van der Waals surface area contributed by atoms with E-state index in [1.165, 1.54) is 6.21 Å². The maximum Gasteiger partial charge on any atom is 0.134 e. The normalized spacial score (nSPS) is 14.8. The predicted molar refractivity (Wildman–Crippen MR) is 102 cm³/mol. The Morgan fingerprint density at radius 2 is 2.00 bits per heavy atom. The fraction of sp³-hybridized carbons (Fsp3) is 0.316. The van der Waals surface area contributed by atoms with Crippen molar-refractivity contribution in [2.75, 3.05) is 18.8 Å². The van der Waals surface area contributed by atoms with E-state index in [2.05, 4.69) is 5.32 Å². The van der Waals surface area contributed by atoms with E-state index >= 15 is 0 Å². The van der Waals surface area contributed by atoms with Crippen LogP contribution >= 0.6 is 11.6 Å². The molecule has 2 aromatic carbocycles. The van der Waals surface area contributed by atoms with E-state index < -0.39 is 0 Å². The molecule has 0 aromatic heterocycles. The monoisotopic (exact) mass is 359 g/mol. The molecule has 0 spiro atoms. The van der Waals surface area contributed by atoms with Gasteiger partial charge in [0, 0.05) is 30.9 Å². The van der Waals surface area contributed by atoms with Gasteiger partial charge in [0.05, 0.1) is 10.6 Å². The van der Waals surface area contributed by atoms with Crippen LogP contribution in [0.25, 0.3) is 11.1 Å². The lowest BCUT2D eigenvalue weighted by atomic mass is 9.86. The molecule has 0 amide bonds. The number of anilines is 1. The highest BCUT2D eigenvalue weighted by molar-refractivity contribution is 6.32. The summed E-state index contributed by atoms with van der Waals surface area (Å²) in [7, 11) is 0. The lowest BCUT2D eigenvalue weighted by Crippen LogP contribution is -2.55. The van der Waals surface area contributed by atoms with Crippen LogP contribution in [-0.4, -0.2) is 30.0 Å². The molecule has 6 heteroatoms. The number of nitrogens with two attached hydrogens (primary N) is 1. The van der Waals surface area contributed by atoms with Crippen molar-refractivity contribution < 1.29 is 9.84 Å². The van der Waals surface area contributed by atoms with Crippen molar-refractivity contribution in [3.05, 3.63) is 40.9 Å². The van der Waals surface area contributed by atoms with Gasteiger partial charge in [-0.15, -0.1) is 0 Å². The number of phenolic OH excluding ortho intramolecular Hbond substituents is 1. The molecule has 1 heterocycles. The molecule has 1 saturated heterocycles. The number of rotatable bonds is 5. The summed E-state index contributed by atoms with van der Waals surface area (Å²) in [5.74, 6) is 1.01. The SMILES string of the molecule is CC(C)(Oc1cc(-c2ccc(O)c(Cl)c2)cc(N)c1C=N)C1CNC1. The first-order valence-corrected chi connectivity index (χ1v) is 8.52. The molecule has 5 nitrogen and oxygen atoms in total. The van der Waals surface area contributed by atoms with Crippen LogP contribution in [0.5, 0.6) is 11.5 Å². The van der Waals surface area contributed by atoms with Gasteiger partial charge in [0.2, 0.25) is 0 Å². The molecule has 1 fully saturated rings. The third-order valence-electron chi connectivity index (χ3n) is 4.74. The first kappa shape index (κ1) is 17.6. The average molecular weight is 360 g/mol. The Morgan fingerprint density at radius 3 is 2.56 bits per heavy atom. The van der Waals surface area contributed by atoms with E-state index in [0.29, 0.717) is 22.9 Å². The van der Waals surface area contributed by atoms with Gasteiger partial charge in [-0.2, -0.15) is 0 Å². The number of benzene rings is 2. The van der Waals surface area contributed by atoms with E-state index in [1.807, 2.05) is 19.9 Å². The number of phenols is 1. The summed E-state index contributed by atoms with van der Waals surface area (Å²) < 4.78 is 6.27. The quantitative estimate of drug-likeness (QED) is 0.484. The van der Waals surface area contributed by atoms with Gasteiger partial charge in [-0.3, -0.25) is 0 Å². The molecule has 1 aliphatic rings. The average Bonchev–Trinajstić information content (AvgIpc) is 2.47. The maximum absolute atomic E-state index is 9.61. The van der Waals surface area contributed by atoms with Crippen molar-refractivity contribution in [3.8, 4) is 22.6 Å². The third kappa shape index (κ3) is 3.43. The Balaban J connectivity index is 2.02. The summed E-state index contributed by atoms with van der Waals surface area (Å²) >= 11 is 6.02. The molecule has 2 aromatic rings. The van der Waals surface area contributed by atoms with Crippen LogP contribution in [0.4, 0.5) is 5.69 Å². The third-order valence-corrected chi connectivity index (χ3v) is 5.04. The van der Waals surface area contributed by atoms with Crippen molar-refractivity contribution in [3.63, 3.8) is 0 Å². The fourth-order valence-corrected chi connectivity index (χ4v) is 3.07. The van der Waals surface area contributed by atoms with Gasteiger partial charge in [-0.25, -0.2) is 0 Å². The molecular formula is C19H22ClN3O2. The van der Waals surface area contributed by atoms with E-state index in [9.17, 15) is 5.11 Å². The lowest BCUT2D eigenvalue weighted by molar-refractivity contribution is 0.0181. The van der Waals surface area contributed by atoms with E-state index in [0.717, 1.165) is 24.2 Å². The second-order valence-electron chi connectivity index (χ2n) is 6.85. The zero-order chi connectivity index (χ0) is 18.2. The van der Waals surface area contributed by atoms with Gasteiger partial charge in [-0.05, 0) is 49.2 Å². The van der Waals surface area contributed by atoms with Crippen LogP contribution in [0.3, 0.4) is 0 Å². The zero-order valence-electron chi connectivity index (χ0n) is 14.3. The summed E-state index contributed by atoms with van der Waals surface area (Å²) in [5.41, 5.74) is 8.45. The lowest BCUT2D eigenvalue weighted by Gasteiger charge is -2.41. The van der Waals surface area contributed by atoms with Gasteiger partial charge >= 0.3 is 0 Å². The predicted octanol–water partition coefficient (Wildman–Crippen LogP) is 3.67. The Hall–Kier alpha value is -2.24. The van der Waals surface area contributed by atoms with Crippen LogP contribution < -0.4 is 15.8 Å². The number of nitrogen functional groups attached to an aromatic ring is 1. The van der Waals surface area contributed by atoms with Crippen LogP contribution in [0.1, 0.15) is 19.4 Å². The Bertz CT molecular complexity index is 817. The van der Waals surface area contributed by atoms with E-state index in [4.69, 9.17) is 27.5 Å². The van der Waals surface area contributed by atoms with Crippen molar-refractivity contribution in [1.82, 2.24) is 5.32 Å². The molecule has 1 aliphatic heterocycles. The molecule has 0 saturated carbocycles. The number of hydrogen-bond acceptors (Lipinski definition) is 5. The maximum atomic E-state index is 9.61. The van der Waals surface area contributed by atoms with Crippen molar-refractivity contribution >= 4 is 23.5 Å². The molecule has 5 N–H and O–H groups in total. The van der Waals surface area contributed by atoms with Crippen LogP contribution in [0, 0.1) is 11.3 Å². The molecule has 3 rings (SSSR count). The summed E-state index contributed by atoms with van der Waals surface area (Å²) in [6.07, 6.45) is 1.22. The standard InChI is InChI=1S/C19H22ClN3O2/c1-19(2,13-9-23-10-13)25-18-7-12(6-16(22)14(18)8-21)11-3-4-17(24)15(20)5-11/h3-8,13,21,23-24H,9-10,22H2,1-2H3. The molecule has 0 aliphatic carbocycles. The van der Waals surface area contributed by atoms with Gasteiger partial charge < -0.3 is 26.3 Å². The number of nitrogens with one attached hydrogen (secondary N) is 2. The van der Waals surface area contributed by atoms with Gasteiger partial charge in [0.25, 0.3) is 0 Å². The second-order valence-corrected chi connectivity index (χ2v) is 7.26. The molecule has 0 bridgehead atoms. The Kier molecular flexibility index (Phi) is 4.62. The van der Waals surface area contributed by atoms with Gasteiger partial charge in [-0.1, -0.05) is 17.7 Å². The largest absolute Gasteiger partial charge is 0.506 e. The summed E-state index contributed by atoms with van der Waals surface area (Å²) in [4.78, 5) is 0. The Morgan fingerprint density at radius 1 is 1.28 bits per heavy atom. The smallest absolute Gasteiger partial charge is 0.134 e. The summed E-state index contributed by atoms with van der Waals surface area (Å²) in [6, 6.07) is 8.65. The van der Waals surface area contributed by atoms with Crippen LogP contribution in [-0.2, 0) is 0 Å². The number of aromatic hydroxyl groups is 1. The Labute approximate surface area is 152 Å². The topological polar surface area (TPSA) is 91.4 Å². The van der Waals surface area contributed by atoms with Crippen molar-refractivity contribution in [2.24, 2.45) is 5.92 Å². The molecule has 132 valence electrons. The van der Waals surface area contributed by atoms with Crippen LogP contribution in [0.15, 0.2) is 30.3 Å². The number of hydrogen-bond donors (Lipinski definition) is 4. The minimum absolute atomic E-state index is 0.0320. The van der Waals surface area contributed by atoms with E-state index in [-0.39, 0.29) is 16.4 Å². The highest BCUT2D eigenvalue weighted by Gasteiger charge is 2.36. The first-order valence-electron chi connectivity index (χ1n) is 8.14. The fourth-order valence-electron chi connectivity index (χ4n) is 2.89. The van der Waals surface area contributed by atoms with Crippen LogP contribution in [0.2, 0.25) is 5.02 Å². The highest BCUT2D eigenvalue weighted by atomic mass is 35.5. The number of halogens is 1.